The summed E-state index contributed by atoms with van der Waals surface area (Å²) in [5, 5.41) is 9.28. The molecule has 0 aliphatic heterocycles. The molecule has 0 aromatic carbocycles. The minimum absolute atomic E-state index is 0.138. The normalized spacial score (nSPS) is 10.3. The highest BCUT2D eigenvalue weighted by atomic mass is 32.1. The SMILES string of the molecule is CC(=O)c1sc(-c2ccco2)nc1C(=O)O. The maximum atomic E-state index is 11.2. The molecule has 2 aromatic rings. The van der Waals surface area contributed by atoms with Gasteiger partial charge in [0.15, 0.2) is 22.2 Å². The molecule has 6 heteroatoms. The Morgan fingerprint density at radius 2 is 2.25 bits per heavy atom. The van der Waals surface area contributed by atoms with Crippen LogP contribution < -0.4 is 0 Å². The number of carbonyl (C=O) groups is 2. The van der Waals surface area contributed by atoms with Crippen LogP contribution >= 0.6 is 11.3 Å². The summed E-state index contributed by atoms with van der Waals surface area (Å²) in [4.78, 5) is 26.1. The lowest BCUT2D eigenvalue weighted by molar-refractivity contribution is 0.0687. The number of hydrogen-bond acceptors (Lipinski definition) is 5. The molecule has 2 aromatic heterocycles. The van der Waals surface area contributed by atoms with Gasteiger partial charge in [0.2, 0.25) is 0 Å². The maximum Gasteiger partial charge on any atom is 0.356 e. The van der Waals surface area contributed by atoms with Gasteiger partial charge in [0, 0.05) is 6.92 Å². The Hall–Kier alpha value is -1.95. The van der Waals surface area contributed by atoms with Gasteiger partial charge in [-0.05, 0) is 12.1 Å². The van der Waals surface area contributed by atoms with Crippen LogP contribution in [0.5, 0.6) is 0 Å². The molecular formula is C10H7NO4S. The summed E-state index contributed by atoms with van der Waals surface area (Å²) in [5.41, 5.74) is -0.219. The largest absolute Gasteiger partial charge is 0.476 e. The highest BCUT2D eigenvalue weighted by molar-refractivity contribution is 7.17. The predicted octanol–water partition coefficient (Wildman–Crippen LogP) is 2.30. The Kier molecular flexibility index (Phi) is 2.57. The first-order valence-corrected chi connectivity index (χ1v) is 5.20. The molecule has 0 fully saturated rings. The molecule has 0 aliphatic carbocycles. The Morgan fingerprint density at radius 1 is 1.50 bits per heavy atom. The van der Waals surface area contributed by atoms with Crippen LogP contribution in [0.2, 0.25) is 0 Å². The second-order valence-electron chi connectivity index (χ2n) is 3.04. The number of carboxylic acids is 1. The molecule has 0 aliphatic rings. The van der Waals surface area contributed by atoms with Crippen LogP contribution in [0.3, 0.4) is 0 Å². The molecule has 0 unspecified atom stereocenters. The Balaban J connectivity index is 2.55. The molecule has 5 nitrogen and oxygen atoms in total. The Labute approximate surface area is 94.4 Å². The van der Waals surface area contributed by atoms with Crippen LogP contribution in [0.25, 0.3) is 10.8 Å². The molecule has 0 radical (unpaired) electrons. The molecule has 2 rings (SSSR count). The summed E-state index contributed by atoms with van der Waals surface area (Å²) < 4.78 is 5.09. The van der Waals surface area contributed by atoms with Crippen molar-refractivity contribution in [1.82, 2.24) is 4.98 Å². The molecule has 0 saturated carbocycles. The van der Waals surface area contributed by atoms with Crippen molar-refractivity contribution in [2.45, 2.75) is 6.92 Å². The number of thiazole rings is 1. The van der Waals surface area contributed by atoms with Gasteiger partial charge in [0.25, 0.3) is 0 Å². The fraction of sp³-hybridized carbons (Fsp3) is 0.100. The topological polar surface area (TPSA) is 80.4 Å². The zero-order valence-electron chi connectivity index (χ0n) is 8.26. The number of hydrogen-bond donors (Lipinski definition) is 1. The number of aromatic carboxylic acids is 1. The van der Waals surface area contributed by atoms with E-state index in [0.717, 1.165) is 11.3 Å². The van der Waals surface area contributed by atoms with Crippen molar-refractivity contribution in [2.75, 3.05) is 0 Å². The summed E-state index contributed by atoms with van der Waals surface area (Å²) in [6, 6.07) is 3.33. The minimum atomic E-state index is -1.21. The number of furan rings is 1. The molecule has 0 atom stereocenters. The second kappa shape index (κ2) is 3.90. The van der Waals surface area contributed by atoms with Gasteiger partial charge < -0.3 is 9.52 Å². The van der Waals surface area contributed by atoms with Gasteiger partial charge in [-0.2, -0.15) is 0 Å². The number of Topliss-reactive ketones (excluding diaryl/α,β-unsaturated/α-hetero) is 1. The number of aromatic nitrogens is 1. The highest BCUT2D eigenvalue weighted by Crippen LogP contribution is 2.28. The van der Waals surface area contributed by atoms with E-state index in [4.69, 9.17) is 9.52 Å². The van der Waals surface area contributed by atoms with E-state index in [9.17, 15) is 9.59 Å². The van der Waals surface area contributed by atoms with Crippen molar-refractivity contribution in [3.8, 4) is 10.8 Å². The van der Waals surface area contributed by atoms with E-state index in [1.165, 1.54) is 13.2 Å². The van der Waals surface area contributed by atoms with Gasteiger partial charge in [0.05, 0.1) is 6.26 Å². The van der Waals surface area contributed by atoms with E-state index in [1.807, 2.05) is 0 Å². The van der Waals surface area contributed by atoms with E-state index in [-0.39, 0.29) is 16.4 Å². The summed E-state index contributed by atoms with van der Waals surface area (Å²) in [6.45, 7) is 1.31. The molecule has 0 spiro atoms. The van der Waals surface area contributed by atoms with E-state index in [0.29, 0.717) is 10.8 Å². The van der Waals surface area contributed by atoms with Gasteiger partial charge in [-0.1, -0.05) is 0 Å². The number of ketones is 1. The van der Waals surface area contributed by atoms with Crippen LogP contribution in [0.15, 0.2) is 22.8 Å². The van der Waals surface area contributed by atoms with E-state index >= 15 is 0 Å². The fourth-order valence-corrected chi connectivity index (χ4v) is 2.13. The minimum Gasteiger partial charge on any atom is -0.476 e. The summed E-state index contributed by atoms with van der Waals surface area (Å²) >= 11 is 1.02. The Morgan fingerprint density at radius 3 is 2.69 bits per heavy atom. The second-order valence-corrected chi connectivity index (χ2v) is 4.03. The molecule has 0 amide bonds. The maximum absolute atomic E-state index is 11.2. The zero-order chi connectivity index (χ0) is 11.7. The third-order valence-corrected chi connectivity index (χ3v) is 3.05. The number of carboxylic acid groups (broad SMARTS) is 1. The van der Waals surface area contributed by atoms with Gasteiger partial charge >= 0.3 is 5.97 Å². The monoisotopic (exact) mass is 237 g/mol. The van der Waals surface area contributed by atoms with Crippen molar-refractivity contribution in [3.63, 3.8) is 0 Å². The van der Waals surface area contributed by atoms with E-state index < -0.39 is 5.97 Å². The van der Waals surface area contributed by atoms with Gasteiger partial charge in [-0.15, -0.1) is 11.3 Å². The zero-order valence-corrected chi connectivity index (χ0v) is 9.08. The average Bonchev–Trinajstić information content (AvgIpc) is 2.86. The quantitative estimate of drug-likeness (QED) is 0.828. The Bertz CT molecular complexity index is 510. The number of rotatable bonds is 3. The lowest BCUT2D eigenvalue weighted by atomic mass is 10.3. The highest BCUT2D eigenvalue weighted by Gasteiger charge is 2.21. The van der Waals surface area contributed by atoms with Crippen molar-refractivity contribution in [2.24, 2.45) is 0 Å². The van der Waals surface area contributed by atoms with E-state index in [2.05, 4.69) is 4.98 Å². The van der Waals surface area contributed by atoms with Gasteiger partial charge in [-0.25, -0.2) is 9.78 Å². The predicted molar refractivity (Wildman–Crippen MR) is 56.8 cm³/mol. The average molecular weight is 237 g/mol. The lowest BCUT2D eigenvalue weighted by Crippen LogP contribution is -2.03. The first-order chi connectivity index (χ1) is 7.59. The summed E-state index contributed by atoms with van der Waals surface area (Å²) in [5.74, 6) is -1.06. The van der Waals surface area contributed by atoms with Crippen LogP contribution in [-0.2, 0) is 0 Å². The third kappa shape index (κ3) is 1.74. The van der Waals surface area contributed by atoms with Crippen molar-refractivity contribution in [1.29, 1.82) is 0 Å². The smallest absolute Gasteiger partial charge is 0.356 e. The van der Waals surface area contributed by atoms with Crippen molar-refractivity contribution >= 4 is 23.1 Å². The molecule has 82 valence electrons. The molecule has 0 saturated heterocycles. The summed E-state index contributed by atoms with van der Waals surface area (Å²) in [6.07, 6.45) is 1.46. The lowest BCUT2D eigenvalue weighted by Gasteiger charge is -1.89. The van der Waals surface area contributed by atoms with Gasteiger partial charge in [-0.3, -0.25) is 4.79 Å². The molecule has 1 N–H and O–H groups in total. The van der Waals surface area contributed by atoms with Crippen LogP contribution in [0.4, 0.5) is 0 Å². The molecule has 2 heterocycles. The first-order valence-electron chi connectivity index (χ1n) is 4.38. The molecular weight excluding hydrogens is 230 g/mol. The van der Waals surface area contributed by atoms with Crippen LogP contribution in [-0.4, -0.2) is 21.8 Å². The van der Waals surface area contributed by atoms with Crippen molar-refractivity contribution in [3.05, 3.63) is 29.0 Å². The van der Waals surface area contributed by atoms with Gasteiger partial charge in [0.1, 0.15) is 4.88 Å². The number of nitrogens with zero attached hydrogens (tertiary/aromatic N) is 1. The third-order valence-electron chi connectivity index (χ3n) is 1.88. The van der Waals surface area contributed by atoms with Crippen LogP contribution in [0, 0.1) is 0 Å². The summed E-state index contributed by atoms with van der Waals surface area (Å²) in [7, 11) is 0. The first kappa shape index (κ1) is 10.6. The fourth-order valence-electron chi connectivity index (χ4n) is 1.21. The standard InChI is InChI=1S/C10H7NO4S/c1-5(12)8-7(10(13)14)11-9(16-8)6-3-2-4-15-6/h2-4H,1H3,(H,13,14). The molecule has 16 heavy (non-hydrogen) atoms. The van der Waals surface area contributed by atoms with Crippen molar-refractivity contribution < 1.29 is 19.1 Å². The van der Waals surface area contributed by atoms with E-state index in [1.54, 1.807) is 12.1 Å². The molecule has 0 bridgehead atoms. The van der Waals surface area contributed by atoms with Crippen LogP contribution in [0.1, 0.15) is 27.1 Å². The number of carbonyl (C=O) groups excluding carboxylic acids is 1.